The summed E-state index contributed by atoms with van der Waals surface area (Å²) in [5.74, 6) is 0.155. The lowest BCUT2D eigenvalue weighted by Crippen LogP contribution is -2.54. The molecule has 2 amide bonds. The maximum absolute atomic E-state index is 12.4. The van der Waals surface area contributed by atoms with E-state index in [-0.39, 0.29) is 11.8 Å². The van der Waals surface area contributed by atoms with Crippen LogP contribution >= 0.6 is 0 Å². The normalized spacial score (nSPS) is 20.7. The minimum Gasteiger partial charge on any atom is -0.350 e. The predicted molar refractivity (Wildman–Crippen MR) is 94.5 cm³/mol. The van der Waals surface area contributed by atoms with Gasteiger partial charge in [-0.25, -0.2) is 0 Å². The first-order valence-corrected chi connectivity index (χ1v) is 9.05. The highest BCUT2D eigenvalue weighted by molar-refractivity contribution is 5.94. The molecule has 0 radical (unpaired) electrons. The number of nitrogens with two attached hydrogens (primary N) is 1. The van der Waals surface area contributed by atoms with Crippen molar-refractivity contribution in [2.45, 2.75) is 63.5 Å². The number of hydrogen-bond acceptors (Lipinski definition) is 3. The summed E-state index contributed by atoms with van der Waals surface area (Å²) in [6.45, 7) is 1.27. The molecule has 1 saturated carbocycles. The van der Waals surface area contributed by atoms with Crippen molar-refractivity contribution in [1.29, 1.82) is 0 Å². The van der Waals surface area contributed by atoms with Gasteiger partial charge in [-0.3, -0.25) is 9.59 Å². The summed E-state index contributed by atoms with van der Waals surface area (Å²) in [5.41, 5.74) is 7.52. The van der Waals surface area contributed by atoms with Gasteiger partial charge in [0, 0.05) is 25.2 Å². The van der Waals surface area contributed by atoms with Gasteiger partial charge in [0.25, 0.3) is 0 Å². The van der Waals surface area contributed by atoms with Gasteiger partial charge in [-0.2, -0.15) is 0 Å². The van der Waals surface area contributed by atoms with Gasteiger partial charge in [-0.05, 0) is 43.4 Å². The van der Waals surface area contributed by atoms with Crippen molar-refractivity contribution in [2.75, 3.05) is 11.4 Å². The van der Waals surface area contributed by atoms with E-state index in [9.17, 15) is 9.59 Å². The molecule has 1 heterocycles. The SMILES string of the molecule is NC1(C(=O)NCc2ccc(N3CCCCC3=O)cc2)CCCCC1. The van der Waals surface area contributed by atoms with E-state index in [1.807, 2.05) is 29.2 Å². The fraction of sp³-hybridized carbons (Fsp3) is 0.579. The third-order valence-corrected chi connectivity index (χ3v) is 5.22. The summed E-state index contributed by atoms with van der Waals surface area (Å²) in [7, 11) is 0. The molecule has 1 aromatic carbocycles. The average molecular weight is 329 g/mol. The fourth-order valence-corrected chi connectivity index (χ4v) is 3.64. The molecule has 2 fully saturated rings. The molecule has 130 valence electrons. The van der Waals surface area contributed by atoms with Gasteiger partial charge in [0.05, 0.1) is 5.54 Å². The molecule has 1 aliphatic heterocycles. The largest absolute Gasteiger partial charge is 0.350 e. The Hall–Kier alpha value is -1.88. The predicted octanol–water partition coefficient (Wildman–Crippen LogP) is 2.48. The molecule has 5 heteroatoms. The lowest BCUT2D eigenvalue weighted by atomic mass is 9.82. The van der Waals surface area contributed by atoms with Gasteiger partial charge < -0.3 is 16.0 Å². The second-order valence-electron chi connectivity index (χ2n) is 7.07. The van der Waals surface area contributed by atoms with Crippen LogP contribution in [0.5, 0.6) is 0 Å². The van der Waals surface area contributed by atoms with Crippen LogP contribution in [-0.4, -0.2) is 23.9 Å². The highest BCUT2D eigenvalue weighted by atomic mass is 16.2. The zero-order valence-corrected chi connectivity index (χ0v) is 14.2. The first-order chi connectivity index (χ1) is 11.6. The second-order valence-corrected chi connectivity index (χ2v) is 7.07. The number of anilines is 1. The first kappa shape index (κ1) is 17.0. The summed E-state index contributed by atoms with van der Waals surface area (Å²) < 4.78 is 0. The van der Waals surface area contributed by atoms with Crippen LogP contribution in [0.2, 0.25) is 0 Å². The van der Waals surface area contributed by atoms with Crippen molar-refractivity contribution in [3.63, 3.8) is 0 Å². The van der Waals surface area contributed by atoms with Gasteiger partial charge in [0.15, 0.2) is 0 Å². The number of rotatable bonds is 4. The molecular weight excluding hydrogens is 302 g/mol. The van der Waals surface area contributed by atoms with Crippen LogP contribution in [0.4, 0.5) is 5.69 Å². The number of carbonyl (C=O) groups excluding carboxylic acids is 2. The van der Waals surface area contributed by atoms with E-state index in [2.05, 4.69) is 5.32 Å². The van der Waals surface area contributed by atoms with E-state index in [4.69, 9.17) is 5.73 Å². The van der Waals surface area contributed by atoms with E-state index in [0.717, 1.165) is 56.3 Å². The summed E-state index contributed by atoms with van der Waals surface area (Å²) in [6, 6.07) is 7.87. The molecule has 3 N–H and O–H groups in total. The van der Waals surface area contributed by atoms with E-state index in [1.54, 1.807) is 0 Å². The van der Waals surface area contributed by atoms with Crippen LogP contribution in [0, 0.1) is 0 Å². The Morgan fingerprint density at radius 3 is 2.46 bits per heavy atom. The summed E-state index contributed by atoms with van der Waals surface area (Å²) in [6.07, 6.45) is 7.45. The Bertz CT molecular complexity index is 591. The van der Waals surface area contributed by atoms with Gasteiger partial charge in [-0.15, -0.1) is 0 Å². The lowest BCUT2D eigenvalue weighted by Gasteiger charge is -2.31. The van der Waals surface area contributed by atoms with Crippen molar-refractivity contribution in [3.05, 3.63) is 29.8 Å². The third kappa shape index (κ3) is 3.78. The number of benzene rings is 1. The number of hydrogen-bond donors (Lipinski definition) is 2. The van der Waals surface area contributed by atoms with Gasteiger partial charge in [-0.1, -0.05) is 31.4 Å². The van der Waals surface area contributed by atoms with Crippen LogP contribution in [0.1, 0.15) is 56.9 Å². The molecule has 0 atom stereocenters. The van der Waals surface area contributed by atoms with E-state index in [0.29, 0.717) is 13.0 Å². The van der Waals surface area contributed by atoms with Crippen molar-refractivity contribution in [1.82, 2.24) is 5.32 Å². The van der Waals surface area contributed by atoms with Crippen LogP contribution in [-0.2, 0) is 16.1 Å². The van der Waals surface area contributed by atoms with Crippen molar-refractivity contribution < 1.29 is 9.59 Å². The zero-order valence-electron chi connectivity index (χ0n) is 14.2. The molecule has 0 bridgehead atoms. The van der Waals surface area contributed by atoms with Crippen LogP contribution in [0.3, 0.4) is 0 Å². The van der Waals surface area contributed by atoms with Crippen LogP contribution < -0.4 is 16.0 Å². The maximum Gasteiger partial charge on any atom is 0.240 e. The van der Waals surface area contributed by atoms with Crippen LogP contribution in [0.25, 0.3) is 0 Å². The maximum atomic E-state index is 12.4. The van der Waals surface area contributed by atoms with Crippen molar-refractivity contribution in [3.8, 4) is 0 Å². The molecule has 5 nitrogen and oxygen atoms in total. The highest BCUT2D eigenvalue weighted by Crippen LogP contribution is 2.26. The molecule has 0 aromatic heterocycles. The molecule has 1 aromatic rings. The Labute approximate surface area is 143 Å². The number of piperidine rings is 1. The monoisotopic (exact) mass is 329 g/mol. The highest BCUT2D eigenvalue weighted by Gasteiger charge is 2.34. The minimum atomic E-state index is -0.696. The zero-order chi connectivity index (χ0) is 17.0. The molecular formula is C19H27N3O2. The fourth-order valence-electron chi connectivity index (χ4n) is 3.64. The number of amides is 2. The van der Waals surface area contributed by atoms with E-state index in [1.165, 1.54) is 6.42 Å². The lowest BCUT2D eigenvalue weighted by molar-refractivity contribution is -0.127. The smallest absolute Gasteiger partial charge is 0.240 e. The number of carbonyl (C=O) groups is 2. The minimum absolute atomic E-state index is 0.0440. The summed E-state index contributed by atoms with van der Waals surface area (Å²) in [4.78, 5) is 26.2. The van der Waals surface area contributed by atoms with E-state index < -0.39 is 5.54 Å². The Balaban J connectivity index is 1.56. The van der Waals surface area contributed by atoms with Gasteiger partial charge >= 0.3 is 0 Å². The molecule has 24 heavy (non-hydrogen) atoms. The molecule has 3 rings (SSSR count). The summed E-state index contributed by atoms with van der Waals surface area (Å²) >= 11 is 0. The van der Waals surface area contributed by atoms with E-state index >= 15 is 0 Å². The topological polar surface area (TPSA) is 75.4 Å². The summed E-state index contributed by atoms with van der Waals surface area (Å²) in [5, 5.41) is 2.97. The molecule has 2 aliphatic rings. The number of nitrogens with zero attached hydrogens (tertiary/aromatic N) is 1. The number of nitrogens with one attached hydrogen (secondary N) is 1. The molecule has 0 spiro atoms. The van der Waals surface area contributed by atoms with Crippen molar-refractivity contribution in [2.24, 2.45) is 5.73 Å². The Morgan fingerprint density at radius 1 is 1.08 bits per heavy atom. The molecule has 1 saturated heterocycles. The quantitative estimate of drug-likeness (QED) is 0.891. The Kier molecular flexibility index (Phi) is 5.19. The average Bonchev–Trinajstić information content (AvgIpc) is 2.61. The molecule has 1 aliphatic carbocycles. The Morgan fingerprint density at radius 2 is 1.79 bits per heavy atom. The van der Waals surface area contributed by atoms with Gasteiger partial charge in [0.1, 0.15) is 0 Å². The van der Waals surface area contributed by atoms with Crippen LogP contribution in [0.15, 0.2) is 24.3 Å². The van der Waals surface area contributed by atoms with Crippen molar-refractivity contribution >= 4 is 17.5 Å². The second kappa shape index (κ2) is 7.34. The third-order valence-electron chi connectivity index (χ3n) is 5.22. The molecule has 0 unspecified atom stereocenters. The standard InChI is InChI=1S/C19H27N3O2/c20-19(11-3-1-4-12-19)18(24)21-14-15-7-9-16(10-8-15)22-13-5-2-6-17(22)23/h7-10H,1-6,11-14,20H2,(H,21,24). The van der Waals surface area contributed by atoms with Gasteiger partial charge in [0.2, 0.25) is 11.8 Å². The first-order valence-electron chi connectivity index (χ1n) is 9.05.